The van der Waals surface area contributed by atoms with Crippen LogP contribution in [0.2, 0.25) is 0 Å². The van der Waals surface area contributed by atoms with Gasteiger partial charge in [0.05, 0.1) is 16.5 Å². The summed E-state index contributed by atoms with van der Waals surface area (Å²) in [7, 11) is 0. The lowest BCUT2D eigenvalue weighted by Crippen LogP contribution is -2.36. The molecule has 0 radical (unpaired) electrons. The van der Waals surface area contributed by atoms with Gasteiger partial charge in [0.1, 0.15) is 12.4 Å². The van der Waals surface area contributed by atoms with Gasteiger partial charge in [-0.3, -0.25) is 24.3 Å². The molecule has 0 unspecified atom stereocenters. The van der Waals surface area contributed by atoms with Crippen molar-refractivity contribution in [3.63, 3.8) is 0 Å². The molecule has 1 amide bonds. The van der Waals surface area contributed by atoms with Crippen LogP contribution >= 0.6 is 0 Å². The Hall–Kier alpha value is -3.75. The number of carbonyl (C=O) groups excluding carboxylic acids is 2. The minimum absolute atomic E-state index is 0.0505. The third-order valence-corrected chi connectivity index (χ3v) is 3.98. The molecule has 3 rings (SSSR count). The number of nitrogens with zero attached hydrogens (tertiary/aromatic N) is 1. The van der Waals surface area contributed by atoms with Crippen molar-refractivity contribution in [2.24, 2.45) is 0 Å². The van der Waals surface area contributed by atoms with E-state index in [1.165, 1.54) is 43.3 Å². The minimum atomic E-state index is -1.24. The summed E-state index contributed by atoms with van der Waals surface area (Å²) in [6, 6.07) is 11.7. The van der Waals surface area contributed by atoms with Gasteiger partial charge in [0.15, 0.2) is 6.10 Å². The molecule has 28 heavy (non-hydrogen) atoms. The number of carbonyl (C=O) groups is 2. The molecule has 0 aliphatic carbocycles. The Labute approximate surface area is 157 Å². The van der Waals surface area contributed by atoms with Crippen LogP contribution in [0.4, 0.5) is 10.1 Å². The van der Waals surface area contributed by atoms with Crippen LogP contribution in [0.15, 0.2) is 58.1 Å². The number of anilines is 1. The second kappa shape index (κ2) is 7.87. The van der Waals surface area contributed by atoms with Crippen LogP contribution in [0, 0.1) is 5.82 Å². The highest BCUT2D eigenvalue weighted by atomic mass is 19.1. The maximum absolute atomic E-state index is 13.6. The summed E-state index contributed by atoms with van der Waals surface area (Å²) in [6.07, 6.45) is -1.24. The van der Waals surface area contributed by atoms with Crippen molar-refractivity contribution in [2.45, 2.75) is 19.6 Å². The van der Waals surface area contributed by atoms with Crippen LogP contribution in [-0.4, -0.2) is 27.8 Å². The number of benzene rings is 2. The van der Waals surface area contributed by atoms with Gasteiger partial charge < -0.3 is 10.1 Å². The second-order valence-corrected chi connectivity index (χ2v) is 5.98. The highest BCUT2D eigenvalue weighted by Crippen LogP contribution is 2.13. The summed E-state index contributed by atoms with van der Waals surface area (Å²) in [5, 5.41) is 4.96. The number of hydrogen-bond acceptors (Lipinski definition) is 5. The molecule has 8 nitrogen and oxygen atoms in total. The van der Waals surface area contributed by atoms with Crippen LogP contribution in [0.5, 0.6) is 0 Å². The van der Waals surface area contributed by atoms with E-state index in [9.17, 15) is 23.6 Å². The van der Waals surface area contributed by atoms with E-state index in [1.54, 1.807) is 12.1 Å². The minimum Gasteiger partial charge on any atom is -0.451 e. The monoisotopic (exact) mass is 385 g/mol. The maximum Gasteiger partial charge on any atom is 0.328 e. The average molecular weight is 385 g/mol. The van der Waals surface area contributed by atoms with Crippen molar-refractivity contribution in [3.8, 4) is 0 Å². The molecule has 0 spiro atoms. The number of aromatic nitrogens is 2. The molecule has 0 saturated carbocycles. The van der Waals surface area contributed by atoms with E-state index < -0.39 is 41.5 Å². The Balaban J connectivity index is 1.70. The molecule has 2 aromatic carbocycles. The lowest BCUT2D eigenvalue weighted by atomic mass is 10.2. The van der Waals surface area contributed by atoms with Gasteiger partial charge >= 0.3 is 5.97 Å². The SMILES string of the molecule is C[C@H](OC(=O)Cn1[nH]c(=O)c2ccccc2c1=O)C(=O)Nc1ccccc1F. The van der Waals surface area contributed by atoms with Crippen molar-refractivity contribution < 1.29 is 18.7 Å². The molecule has 1 heterocycles. The molecular weight excluding hydrogens is 369 g/mol. The third kappa shape index (κ3) is 3.98. The van der Waals surface area contributed by atoms with Crippen molar-refractivity contribution in [1.82, 2.24) is 9.78 Å². The zero-order valence-corrected chi connectivity index (χ0v) is 14.8. The zero-order chi connectivity index (χ0) is 20.3. The first-order valence-electron chi connectivity index (χ1n) is 8.33. The molecule has 1 atom stereocenters. The fourth-order valence-electron chi connectivity index (χ4n) is 2.57. The number of ether oxygens (including phenoxy) is 1. The smallest absolute Gasteiger partial charge is 0.328 e. The second-order valence-electron chi connectivity index (χ2n) is 5.98. The summed E-state index contributed by atoms with van der Waals surface area (Å²) >= 11 is 0. The van der Waals surface area contributed by atoms with E-state index in [1.807, 2.05) is 0 Å². The predicted octanol–water partition coefficient (Wildman–Crippen LogP) is 1.40. The Morgan fingerprint density at radius 2 is 1.75 bits per heavy atom. The number of rotatable bonds is 5. The summed E-state index contributed by atoms with van der Waals surface area (Å²) < 4.78 is 19.4. The fraction of sp³-hybridized carbons (Fsp3) is 0.158. The van der Waals surface area contributed by atoms with E-state index in [0.29, 0.717) is 0 Å². The molecule has 144 valence electrons. The van der Waals surface area contributed by atoms with Gasteiger partial charge in [-0.2, -0.15) is 0 Å². The van der Waals surface area contributed by atoms with E-state index >= 15 is 0 Å². The van der Waals surface area contributed by atoms with Gasteiger partial charge in [0, 0.05) is 0 Å². The predicted molar refractivity (Wildman–Crippen MR) is 99.4 cm³/mol. The van der Waals surface area contributed by atoms with Crippen molar-refractivity contribution in [1.29, 1.82) is 0 Å². The van der Waals surface area contributed by atoms with Crippen molar-refractivity contribution >= 4 is 28.3 Å². The number of amides is 1. The maximum atomic E-state index is 13.6. The number of hydrogen-bond donors (Lipinski definition) is 2. The molecular formula is C19H16FN3O5. The average Bonchev–Trinajstić information content (AvgIpc) is 2.67. The molecule has 0 fully saturated rings. The molecule has 0 saturated heterocycles. The summed E-state index contributed by atoms with van der Waals surface area (Å²) in [5.74, 6) is -2.28. The Bertz CT molecular complexity index is 1170. The molecule has 3 aromatic rings. The van der Waals surface area contributed by atoms with Crippen LogP contribution in [0.1, 0.15) is 6.92 Å². The molecule has 0 aliphatic heterocycles. The highest BCUT2D eigenvalue weighted by Gasteiger charge is 2.20. The molecule has 2 N–H and O–H groups in total. The summed E-state index contributed by atoms with van der Waals surface area (Å²) in [4.78, 5) is 48.6. The number of H-pyrrole nitrogens is 1. The first-order chi connectivity index (χ1) is 13.4. The summed E-state index contributed by atoms with van der Waals surface area (Å²) in [6.45, 7) is 0.718. The van der Waals surface area contributed by atoms with Gasteiger partial charge in [-0.1, -0.05) is 24.3 Å². The fourth-order valence-corrected chi connectivity index (χ4v) is 2.57. The van der Waals surface area contributed by atoms with Gasteiger partial charge in [-0.05, 0) is 31.2 Å². The lowest BCUT2D eigenvalue weighted by molar-refractivity contribution is -0.154. The lowest BCUT2D eigenvalue weighted by Gasteiger charge is -2.14. The van der Waals surface area contributed by atoms with Gasteiger partial charge in [0.25, 0.3) is 17.0 Å². The number of aromatic amines is 1. The summed E-state index contributed by atoms with van der Waals surface area (Å²) in [5.41, 5.74) is -1.16. The Kier molecular flexibility index (Phi) is 5.35. The standard InChI is InChI=1S/C19H16FN3O5/c1-11(17(25)21-15-9-5-4-8-14(15)20)28-16(24)10-23-19(27)13-7-3-2-6-12(13)18(26)22-23/h2-9,11H,10H2,1H3,(H,21,25)(H,22,26)/t11-/m0/s1. The Morgan fingerprint density at radius 1 is 1.11 bits per heavy atom. The first kappa shape index (κ1) is 19.0. The van der Waals surface area contributed by atoms with Gasteiger partial charge in [-0.25, -0.2) is 9.07 Å². The number of halogens is 1. The number of fused-ring (bicyclic) bond motifs is 1. The van der Waals surface area contributed by atoms with E-state index in [4.69, 9.17) is 4.74 Å². The van der Waals surface area contributed by atoms with E-state index in [2.05, 4.69) is 10.4 Å². The van der Waals surface area contributed by atoms with E-state index in [-0.39, 0.29) is 16.5 Å². The zero-order valence-electron chi connectivity index (χ0n) is 14.8. The van der Waals surface area contributed by atoms with Crippen LogP contribution in [-0.2, 0) is 20.9 Å². The van der Waals surface area contributed by atoms with Crippen LogP contribution in [0.3, 0.4) is 0 Å². The topological polar surface area (TPSA) is 110 Å². The van der Waals surface area contributed by atoms with Crippen molar-refractivity contribution in [3.05, 3.63) is 75.1 Å². The van der Waals surface area contributed by atoms with Crippen LogP contribution in [0.25, 0.3) is 10.8 Å². The largest absolute Gasteiger partial charge is 0.451 e. The third-order valence-electron chi connectivity index (χ3n) is 3.98. The molecule has 1 aromatic heterocycles. The normalized spacial score (nSPS) is 11.8. The molecule has 0 aliphatic rings. The first-order valence-corrected chi connectivity index (χ1v) is 8.33. The molecule has 0 bridgehead atoms. The van der Waals surface area contributed by atoms with Crippen molar-refractivity contribution in [2.75, 3.05) is 5.32 Å². The quantitative estimate of drug-likeness (QED) is 0.645. The van der Waals surface area contributed by atoms with Gasteiger partial charge in [-0.15, -0.1) is 0 Å². The number of nitrogens with one attached hydrogen (secondary N) is 2. The molecule has 9 heteroatoms. The number of esters is 1. The van der Waals surface area contributed by atoms with E-state index in [0.717, 1.165) is 4.68 Å². The highest BCUT2D eigenvalue weighted by molar-refractivity contribution is 5.95. The van der Waals surface area contributed by atoms with Crippen LogP contribution < -0.4 is 16.4 Å². The number of para-hydroxylation sites is 1. The Morgan fingerprint density at radius 3 is 2.46 bits per heavy atom. The van der Waals surface area contributed by atoms with Gasteiger partial charge in [0.2, 0.25) is 0 Å².